The molecule has 0 saturated heterocycles. The van der Waals surface area contributed by atoms with Gasteiger partial charge in [-0.1, -0.05) is 18.2 Å². The maximum atomic E-state index is 13.9. The topological polar surface area (TPSA) is 143 Å². The van der Waals surface area contributed by atoms with Crippen molar-refractivity contribution in [2.75, 3.05) is 11.1 Å². The average molecular weight is 395 g/mol. The van der Waals surface area contributed by atoms with Crippen LogP contribution in [0, 0.1) is 11.2 Å². The van der Waals surface area contributed by atoms with E-state index in [2.05, 4.69) is 25.6 Å². The van der Waals surface area contributed by atoms with Crippen molar-refractivity contribution < 1.29 is 13.6 Å². The lowest BCUT2D eigenvalue weighted by atomic mass is 10.2. The van der Waals surface area contributed by atoms with Gasteiger partial charge in [-0.05, 0) is 12.1 Å². The van der Waals surface area contributed by atoms with Crippen molar-refractivity contribution in [3.8, 4) is 0 Å². The first-order valence-electron chi connectivity index (χ1n) is 8.52. The summed E-state index contributed by atoms with van der Waals surface area (Å²) in [4.78, 5) is 23.3. The number of amides is 1. The summed E-state index contributed by atoms with van der Waals surface area (Å²) >= 11 is 0. The van der Waals surface area contributed by atoms with Crippen molar-refractivity contribution in [3.05, 3.63) is 72.1 Å². The summed E-state index contributed by atoms with van der Waals surface area (Å²) in [5, 5.41) is 13.8. The predicted octanol–water partition coefficient (Wildman–Crippen LogP) is 2.34. The number of rotatable bonds is 7. The summed E-state index contributed by atoms with van der Waals surface area (Å²) in [5.41, 5.74) is 6.77. The number of anilines is 2. The standard InChI is InChI=1S/C19H18FN7O2/c1-11(28)26-16-10-25-18(27-17(16)22)14(21)8-15(19-23-6-7-29-19)24-9-12-4-2-3-5-13(12)20/h2-8,10,21,24H,9H2,1H3,(H,26,28)(H2,22,25,27)/b15-8-,21-14?. The molecule has 0 aliphatic heterocycles. The number of oxazole rings is 1. The number of nitrogens with two attached hydrogens (primary N) is 1. The van der Waals surface area contributed by atoms with Gasteiger partial charge in [0.2, 0.25) is 11.8 Å². The Balaban J connectivity index is 1.84. The van der Waals surface area contributed by atoms with Crippen LogP contribution in [0.1, 0.15) is 24.2 Å². The number of nitrogens with one attached hydrogen (secondary N) is 3. The molecule has 3 rings (SSSR count). The third-order valence-electron chi connectivity index (χ3n) is 3.75. The van der Waals surface area contributed by atoms with Crippen molar-refractivity contribution >= 4 is 28.8 Å². The van der Waals surface area contributed by atoms with E-state index in [0.29, 0.717) is 11.3 Å². The van der Waals surface area contributed by atoms with Gasteiger partial charge in [0.1, 0.15) is 29.2 Å². The van der Waals surface area contributed by atoms with Gasteiger partial charge in [-0.3, -0.25) is 10.2 Å². The molecular formula is C19H18FN7O2. The molecule has 0 aliphatic rings. The van der Waals surface area contributed by atoms with E-state index in [1.165, 1.54) is 37.7 Å². The zero-order chi connectivity index (χ0) is 20.8. The Bertz CT molecular complexity index is 1060. The fourth-order valence-corrected chi connectivity index (χ4v) is 2.40. The SMILES string of the molecule is CC(=O)Nc1cnc(C(=N)/C=C(\NCc2ccccc2F)c2ncco2)nc1N. The Labute approximate surface area is 165 Å². The second-order valence-corrected chi connectivity index (χ2v) is 5.93. The highest BCUT2D eigenvalue weighted by atomic mass is 19.1. The van der Waals surface area contributed by atoms with E-state index in [1.54, 1.807) is 18.2 Å². The van der Waals surface area contributed by atoms with Gasteiger partial charge >= 0.3 is 0 Å². The first-order valence-corrected chi connectivity index (χ1v) is 8.52. The smallest absolute Gasteiger partial charge is 0.242 e. The van der Waals surface area contributed by atoms with Crippen molar-refractivity contribution in [1.82, 2.24) is 20.3 Å². The van der Waals surface area contributed by atoms with E-state index in [-0.39, 0.29) is 47.2 Å². The molecule has 3 aromatic rings. The van der Waals surface area contributed by atoms with E-state index in [4.69, 9.17) is 15.6 Å². The van der Waals surface area contributed by atoms with E-state index in [9.17, 15) is 9.18 Å². The largest absolute Gasteiger partial charge is 0.443 e. The lowest BCUT2D eigenvalue weighted by molar-refractivity contribution is -0.114. The highest BCUT2D eigenvalue weighted by Crippen LogP contribution is 2.16. The lowest BCUT2D eigenvalue weighted by Crippen LogP contribution is -2.16. The molecule has 0 radical (unpaired) electrons. The molecule has 10 heteroatoms. The second-order valence-electron chi connectivity index (χ2n) is 5.93. The number of benzene rings is 1. The summed E-state index contributed by atoms with van der Waals surface area (Å²) in [6.45, 7) is 1.49. The average Bonchev–Trinajstić information content (AvgIpc) is 3.22. The maximum Gasteiger partial charge on any atom is 0.242 e. The number of carbonyl (C=O) groups excluding carboxylic acids is 1. The molecule has 29 heavy (non-hydrogen) atoms. The molecule has 1 amide bonds. The van der Waals surface area contributed by atoms with Crippen LogP contribution < -0.4 is 16.4 Å². The molecule has 2 heterocycles. The minimum Gasteiger partial charge on any atom is -0.443 e. The van der Waals surface area contributed by atoms with Crippen LogP contribution in [0.25, 0.3) is 5.70 Å². The zero-order valence-corrected chi connectivity index (χ0v) is 15.4. The van der Waals surface area contributed by atoms with E-state index < -0.39 is 0 Å². The van der Waals surface area contributed by atoms with Gasteiger partial charge in [-0.25, -0.2) is 19.3 Å². The number of hydrogen-bond donors (Lipinski definition) is 4. The van der Waals surface area contributed by atoms with Crippen LogP contribution in [0.3, 0.4) is 0 Å². The van der Waals surface area contributed by atoms with E-state index in [0.717, 1.165) is 0 Å². The van der Waals surface area contributed by atoms with Gasteiger partial charge in [0, 0.05) is 19.0 Å². The Hall–Kier alpha value is -4.08. The molecule has 0 fully saturated rings. The number of halogens is 1. The Kier molecular flexibility index (Phi) is 5.93. The summed E-state index contributed by atoms with van der Waals surface area (Å²) < 4.78 is 19.2. The highest BCUT2D eigenvalue weighted by Gasteiger charge is 2.13. The number of allylic oxidation sites excluding steroid dienone is 1. The molecule has 1 aromatic carbocycles. The molecule has 0 spiro atoms. The van der Waals surface area contributed by atoms with Crippen LogP contribution in [0.15, 0.2) is 53.4 Å². The van der Waals surface area contributed by atoms with Gasteiger partial charge in [0.05, 0.1) is 12.4 Å². The molecule has 5 N–H and O–H groups in total. The molecule has 0 bridgehead atoms. The Morgan fingerprint density at radius 3 is 2.79 bits per heavy atom. The molecule has 9 nitrogen and oxygen atoms in total. The number of hydrogen-bond acceptors (Lipinski definition) is 8. The predicted molar refractivity (Wildman–Crippen MR) is 105 cm³/mol. The third-order valence-corrected chi connectivity index (χ3v) is 3.75. The number of nitrogens with zero attached hydrogens (tertiary/aromatic N) is 3. The molecular weight excluding hydrogens is 377 g/mol. The summed E-state index contributed by atoms with van der Waals surface area (Å²) in [6.07, 6.45) is 5.56. The van der Waals surface area contributed by atoms with Gasteiger partial charge in [-0.2, -0.15) is 0 Å². The number of aromatic nitrogens is 3. The van der Waals surface area contributed by atoms with Crippen LogP contribution in [-0.4, -0.2) is 26.6 Å². The van der Waals surface area contributed by atoms with Gasteiger partial charge < -0.3 is 20.8 Å². The molecule has 148 valence electrons. The van der Waals surface area contributed by atoms with Crippen LogP contribution in [0.5, 0.6) is 0 Å². The second kappa shape index (κ2) is 8.74. The molecule has 2 aromatic heterocycles. The zero-order valence-electron chi connectivity index (χ0n) is 15.4. The first-order chi connectivity index (χ1) is 13.9. The summed E-state index contributed by atoms with van der Waals surface area (Å²) in [6, 6.07) is 6.34. The van der Waals surface area contributed by atoms with E-state index >= 15 is 0 Å². The Morgan fingerprint density at radius 1 is 1.34 bits per heavy atom. The fourth-order valence-electron chi connectivity index (χ4n) is 2.40. The van der Waals surface area contributed by atoms with Crippen LogP contribution in [0.4, 0.5) is 15.9 Å². The number of carbonyl (C=O) groups is 1. The van der Waals surface area contributed by atoms with Crippen LogP contribution >= 0.6 is 0 Å². The van der Waals surface area contributed by atoms with Crippen molar-refractivity contribution in [2.24, 2.45) is 0 Å². The molecule has 0 aliphatic carbocycles. The quantitative estimate of drug-likeness (QED) is 0.450. The summed E-state index contributed by atoms with van der Waals surface area (Å²) in [5.74, 6) is -0.388. The third kappa shape index (κ3) is 5.01. The van der Waals surface area contributed by atoms with Crippen molar-refractivity contribution in [1.29, 1.82) is 5.41 Å². The number of nitrogen functional groups attached to an aromatic ring is 1. The first kappa shape index (κ1) is 19.7. The normalized spacial score (nSPS) is 11.2. The monoisotopic (exact) mass is 395 g/mol. The highest BCUT2D eigenvalue weighted by molar-refractivity contribution is 6.07. The van der Waals surface area contributed by atoms with Crippen LogP contribution in [-0.2, 0) is 11.3 Å². The van der Waals surface area contributed by atoms with Gasteiger partial charge in [0.15, 0.2) is 11.6 Å². The minimum atomic E-state index is -0.355. The van der Waals surface area contributed by atoms with Gasteiger partial charge in [0.25, 0.3) is 0 Å². The summed E-state index contributed by atoms with van der Waals surface area (Å²) in [7, 11) is 0. The fraction of sp³-hybridized carbons (Fsp3) is 0.105. The van der Waals surface area contributed by atoms with E-state index in [1.807, 2.05) is 0 Å². The molecule has 0 saturated carbocycles. The van der Waals surface area contributed by atoms with Crippen molar-refractivity contribution in [2.45, 2.75) is 13.5 Å². The van der Waals surface area contributed by atoms with Gasteiger partial charge in [-0.15, -0.1) is 0 Å². The van der Waals surface area contributed by atoms with Crippen LogP contribution in [0.2, 0.25) is 0 Å². The van der Waals surface area contributed by atoms with Crippen molar-refractivity contribution in [3.63, 3.8) is 0 Å². The lowest BCUT2D eigenvalue weighted by Gasteiger charge is -2.10. The molecule has 0 unspecified atom stereocenters. The minimum absolute atomic E-state index is 0.0281. The Morgan fingerprint density at radius 2 is 2.14 bits per heavy atom. The maximum absolute atomic E-state index is 13.9. The molecule has 0 atom stereocenters.